The molecule has 0 fully saturated rings. The summed E-state index contributed by atoms with van der Waals surface area (Å²) >= 11 is 0. The average Bonchev–Trinajstić information content (AvgIpc) is 3.01. The van der Waals surface area contributed by atoms with Crippen molar-refractivity contribution in [3.05, 3.63) is 84.3 Å². The van der Waals surface area contributed by atoms with Crippen LogP contribution in [0.3, 0.4) is 0 Å². The van der Waals surface area contributed by atoms with Gasteiger partial charge in [0.2, 0.25) is 0 Å². The minimum Gasteiger partial charge on any atom is -0.347 e. The number of fused-ring (bicyclic) bond motifs is 1. The van der Waals surface area contributed by atoms with E-state index in [2.05, 4.69) is 10.3 Å². The van der Waals surface area contributed by atoms with Gasteiger partial charge in [0, 0.05) is 24.2 Å². The molecular formula is C23H19N3O2. The first-order chi connectivity index (χ1) is 13.5. The van der Waals surface area contributed by atoms with Crippen molar-refractivity contribution in [1.29, 1.82) is 0 Å². The molecule has 0 aliphatic heterocycles. The van der Waals surface area contributed by atoms with Crippen LogP contribution < -0.4 is 5.32 Å². The van der Waals surface area contributed by atoms with E-state index in [0.717, 1.165) is 27.6 Å². The summed E-state index contributed by atoms with van der Waals surface area (Å²) in [5, 5.41) is 3.58. The van der Waals surface area contributed by atoms with Gasteiger partial charge in [0.25, 0.3) is 11.7 Å². The molecule has 0 radical (unpaired) electrons. The second-order valence-electron chi connectivity index (χ2n) is 6.71. The lowest BCUT2D eigenvalue weighted by atomic mass is 10.00. The zero-order valence-electron chi connectivity index (χ0n) is 15.6. The fraction of sp³-hybridized carbons (Fsp3) is 0.0870. The number of nitrogens with zero attached hydrogens (tertiary/aromatic N) is 2. The van der Waals surface area contributed by atoms with Crippen molar-refractivity contribution >= 4 is 28.3 Å². The number of para-hydroxylation sites is 1. The molecule has 0 saturated carbocycles. The van der Waals surface area contributed by atoms with E-state index in [1.807, 2.05) is 73.8 Å². The van der Waals surface area contributed by atoms with Gasteiger partial charge in [-0.3, -0.25) is 14.6 Å². The number of nitrogens with one attached hydrogen (secondary N) is 1. The van der Waals surface area contributed by atoms with E-state index in [-0.39, 0.29) is 0 Å². The Morgan fingerprint density at radius 1 is 1.00 bits per heavy atom. The molecule has 0 atom stereocenters. The first-order valence-corrected chi connectivity index (χ1v) is 8.96. The Labute approximate surface area is 162 Å². The number of amides is 1. The van der Waals surface area contributed by atoms with E-state index < -0.39 is 11.7 Å². The maximum absolute atomic E-state index is 13.0. The lowest BCUT2D eigenvalue weighted by molar-refractivity contribution is -0.112. The third-order valence-corrected chi connectivity index (χ3v) is 4.70. The number of carbonyl (C=O) groups excluding carboxylic acids is 2. The molecule has 2 aromatic carbocycles. The number of hydrogen-bond donors (Lipinski definition) is 1. The summed E-state index contributed by atoms with van der Waals surface area (Å²) in [4.78, 5) is 30.0. The van der Waals surface area contributed by atoms with E-state index in [1.54, 1.807) is 17.8 Å². The first kappa shape index (κ1) is 17.7. The van der Waals surface area contributed by atoms with Crippen LogP contribution in [0.25, 0.3) is 22.0 Å². The molecule has 4 aromatic rings. The zero-order valence-corrected chi connectivity index (χ0v) is 15.6. The quantitative estimate of drug-likeness (QED) is 0.429. The third-order valence-electron chi connectivity index (χ3n) is 4.70. The number of rotatable bonds is 4. The topological polar surface area (TPSA) is 64.0 Å². The highest BCUT2D eigenvalue weighted by atomic mass is 16.2. The van der Waals surface area contributed by atoms with Gasteiger partial charge in [-0.25, -0.2) is 0 Å². The summed E-state index contributed by atoms with van der Waals surface area (Å²) in [6.45, 7) is 1.93. The van der Waals surface area contributed by atoms with E-state index in [1.165, 1.54) is 0 Å². The van der Waals surface area contributed by atoms with Crippen LogP contribution in [0, 0.1) is 6.92 Å². The molecule has 5 nitrogen and oxygen atoms in total. The fourth-order valence-corrected chi connectivity index (χ4v) is 3.46. The lowest BCUT2D eigenvalue weighted by Gasteiger charge is -2.09. The zero-order chi connectivity index (χ0) is 19.7. The van der Waals surface area contributed by atoms with E-state index in [4.69, 9.17) is 0 Å². The van der Waals surface area contributed by atoms with Crippen molar-refractivity contribution in [2.45, 2.75) is 6.92 Å². The van der Waals surface area contributed by atoms with E-state index in [0.29, 0.717) is 11.4 Å². The third kappa shape index (κ3) is 3.18. The van der Waals surface area contributed by atoms with Crippen LogP contribution in [-0.4, -0.2) is 21.2 Å². The van der Waals surface area contributed by atoms with Crippen LogP contribution in [-0.2, 0) is 11.8 Å². The Hall–Kier alpha value is -3.73. The van der Waals surface area contributed by atoms with Gasteiger partial charge in [-0.1, -0.05) is 48.5 Å². The fourth-order valence-electron chi connectivity index (χ4n) is 3.46. The molecule has 4 rings (SSSR count). The number of benzene rings is 2. The number of Topliss-reactive ketones (excluding diaryl/α,β-unsaturated/α-hetero) is 1. The standard InChI is InChI=1S/C23H19N3O2/c1-15-14-26(2)21(20(15)16-8-4-3-5-9-16)22(27)23(28)25-18-12-17-10-6-7-11-19(17)24-13-18/h3-14H,1-2H3,(H,25,28). The number of anilines is 1. The molecule has 1 amide bonds. The van der Waals surface area contributed by atoms with E-state index in [9.17, 15) is 9.59 Å². The molecule has 0 aliphatic carbocycles. The van der Waals surface area contributed by atoms with Crippen molar-refractivity contribution in [3.63, 3.8) is 0 Å². The Morgan fingerprint density at radius 3 is 2.50 bits per heavy atom. The highest BCUT2D eigenvalue weighted by molar-refractivity contribution is 6.47. The summed E-state index contributed by atoms with van der Waals surface area (Å²) in [6, 6.07) is 19.0. The summed E-state index contributed by atoms with van der Waals surface area (Å²) in [5.41, 5.74) is 4.32. The van der Waals surface area contributed by atoms with Crippen LogP contribution in [0.5, 0.6) is 0 Å². The number of aryl methyl sites for hydroxylation is 2. The summed E-state index contributed by atoms with van der Waals surface area (Å²) in [5.74, 6) is -1.27. The van der Waals surface area contributed by atoms with Crippen molar-refractivity contribution in [2.24, 2.45) is 7.05 Å². The number of aromatic nitrogens is 2. The van der Waals surface area contributed by atoms with Crippen molar-refractivity contribution < 1.29 is 9.59 Å². The predicted octanol–water partition coefficient (Wildman–Crippen LogP) is 4.37. The van der Waals surface area contributed by atoms with Crippen LogP contribution in [0.2, 0.25) is 0 Å². The normalized spacial score (nSPS) is 10.8. The molecule has 0 spiro atoms. The monoisotopic (exact) mass is 369 g/mol. The van der Waals surface area contributed by atoms with Gasteiger partial charge in [0.1, 0.15) is 5.69 Å². The van der Waals surface area contributed by atoms with Crippen molar-refractivity contribution in [3.8, 4) is 11.1 Å². The van der Waals surface area contributed by atoms with Crippen LogP contribution in [0.4, 0.5) is 5.69 Å². The second kappa shape index (κ2) is 7.12. The SMILES string of the molecule is Cc1cn(C)c(C(=O)C(=O)Nc2cnc3ccccc3c2)c1-c1ccccc1. The Kier molecular flexibility index (Phi) is 4.49. The highest BCUT2D eigenvalue weighted by Crippen LogP contribution is 2.29. The molecule has 28 heavy (non-hydrogen) atoms. The maximum atomic E-state index is 13.0. The Balaban J connectivity index is 1.66. The molecule has 0 bridgehead atoms. The Bertz CT molecular complexity index is 1190. The van der Waals surface area contributed by atoms with Crippen LogP contribution in [0.1, 0.15) is 16.1 Å². The number of hydrogen-bond acceptors (Lipinski definition) is 3. The predicted molar refractivity (Wildman–Crippen MR) is 110 cm³/mol. The minimum absolute atomic E-state index is 0.370. The molecule has 1 N–H and O–H groups in total. The van der Waals surface area contributed by atoms with Gasteiger partial charge in [-0.2, -0.15) is 0 Å². The number of ketones is 1. The van der Waals surface area contributed by atoms with Gasteiger partial charge in [0.05, 0.1) is 17.4 Å². The second-order valence-corrected chi connectivity index (χ2v) is 6.71. The number of pyridine rings is 1. The van der Waals surface area contributed by atoms with Crippen molar-refractivity contribution in [2.75, 3.05) is 5.32 Å². The summed E-state index contributed by atoms with van der Waals surface area (Å²) < 4.78 is 1.71. The van der Waals surface area contributed by atoms with Gasteiger partial charge in [-0.05, 0) is 30.2 Å². The first-order valence-electron chi connectivity index (χ1n) is 8.96. The molecule has 5 heteroatoms. The molecule has 2 aromatic heterocycles. The summed E-state index contributed by atoms with van der Waals surface area (Å²) in [7, 11) is 1.78. The van der Waals surface area contributed by atoms with Gasteiger partial charge < -0.3 is 9.88 Å². The van der Waals surface area contributed by atoms with Crippen LogP contribution in [0.15, 0.2) is 73.1 Å². The lowest BCUT2D eigenvalue weighted by Crippen LogP contribution is -2.25. The van der Waals surface area contributed by atoms with Crippen molar-refractivity contribution in [1.82, 2.24) is 9.55 Å². The molecule has 0 unspecified atom stereocenters. The van der Waals surface area contributed by atoms with Gasteiger partial charge in [0.15, 0.2) is 0 Å². The maximum Gasteiger partial charge on any atom is 0.298 e. The van der Waals surface area contributed by atoms with Gasteiger partial charge in [-0.15, -0.1) is 0 Å². The van der Waals surface area contributed by atoms with E-state index >= 15 is 0 Å². The smallest absolute Gasteiger partial charge is 0.298 e. The Morgan fingerprint density at radius 2 is 1.71 bits per heavy atom. The molecule has 2 heterocycles. The largest absolute Gasteiger partial charge is 0.347 e. The molecule has 0 saturated heterocycles. The molecular weight excluding hydrogens is 350 g/mol. The van der Waals surface area contributed by atoms with Crippen LogP contribution >= 0.6 is 0 Å². The average molecular weight is 369 g/mol. The number of carbonyl (C=O) groups is 2. The van der Waals surface area contributed by atoms with Gasteiger partial charge >= 0.3 is 0 Å². The molecule has 138 valence electrons. The summed E-state index contributed by atoms with van der Waals surface area (Å²) in [6.07, 6.45) is 3.42. The minimum atomic E-state index is -0.685. The molecule has 0 aliphatic rings. The highest BCUT2D eigenvalue weighted by Gasteiger charge is 2.25.